The van der Waals surface area contributed by atoms with Crippen LogP contribution in [0.15, 0.2) is 28.8 Å². The van der Waals surface area contributed by atoms with Gasteiger partial charge in [-0.25, -0.2) is 0 Å². The zero-order valence-corrected chi connectivity index (χ0v) is 13.6. The van der Waals surface area contributed by atoms with Crippen LogP contribution >= 0.6 is 0 Å². The third-order valence-electron chi connectivity index (χ3n) is 5.04. The van der Waals surface area contributed by atoms with Gasteiger partial charge in [-0.1, -0.05) is 42.3 Å². The van der Waals surface area contributed by atoms with Crippen LogP contribution < -0.4 is 0 Å². The molecule has 5 nitrogen and oxygen atoms in total. The number of aromatic nitrogens is 2. The van der Waals surface area contributed by atoms with Crippen LogP contribution in [0.25, 0.3) is 11.4 Å². The molecule has 1 aromatic carbocycles. The van der Waals surface area contributed by atoms with Crippen molar-refractivity contribution in [1.29, 1.82) is 0 Å². The summed E-state index contributed by atoms with van der Waals surface area (Å²) in [7, 11) is 0. The molecule has 2 atom stereocenters. The Labute approximate surface area is 136 Å². The molecule has 1 saturated heterocycles. The van der Waals surface area contributed by atoms with Gasteiger partial charge >= 0.3 is 0 Å². The van der Waals surface area contributed by atoms with Gasteiger partial charge in [0.25, 0.3) is 0 Å². The van der Waals surface area contributed by atoms with Crippen LogP contribution in [0.4, 0.5) is 0 Å². The maximum Gasteiger partial charge on any atom is 0.241 e. The third-order valence-corrected chi connectivity index (χ3v) is 5.04. The molecule has 1 saturated carbocycles. The summed E-state index contributed by atoms with van der Waals surface area (Å²) in [5.41, 5.74) is 2.21. The minimum atomic E-state index is 0.385. The molecule has 4 rings (SSSR count). The topological polar surface area (TPSA) is 51.4 Å². The van der Waals surface area contributed by atoms with Gasteiger partial charge in [0.1, 0.15) is 0 Å². The summed E-state index contributed by atoms with van der Waals surface area (Å²) < 4.78 is 11.4. The zero-order chi connectivity index (χ0) is 15.6. The van der Waals surface area contributed by atoms with E-state index in [1.165, 1.54) is 31.2 Å². The lowest BCUT2D eigenvalue weighted by atomic mass is 9.90. The van der Waals surface area contributed by atoms with Gasteiger partial charge in [-0.05, 0) is 25.3 Å². The number of benzene rings is 1. The van der Waals surface area contributed by atoms with Crippen molar-refractivity contribution in [2.24, 2.45) is 0 Å². The number of hydrogen-bond donors (Lipinski definition) is 0. The summed E-state index contributed by atoms with van der Waals surface area (Å²) in [5.74, 6) is 1.39. The molecule has 23 heavy (non-hydrogen) atoms. The van der Waals surface area contributed by atoms with Crippen molar-refractivity contribution in [3.8, 4) is 11.4 Å². The molecular weight excluding hydrogens is 290 g/mol. The second-order valence-electron chi connectivity index (χ2n) is 6.56. The van der Waals surface area contributed by atoms with E-state index in [9.17, 15) is 0 Å². The Hall–Kier alpha value is -1.72. The minimum absolute atomic E-state index is 0.385. The molecule has 2 aliphatic rings. The molecule has 1 aliphatic heterocycles. The average molecular weight is 313 g/mol. The van der Waals surface area contributed by atoms with Gasteiger partial charge in [0.15, 0.2) is 0 Å². The normalized spacial score (nSPS) is 25.3. The Morgan fingerprint density at radius 3 is 3.00 bits per heavy atom. The van der Waals surface area contributed by atoms with E-state index < -0.39 is 0 Å². The first-order valence-corrected chi connectivity index (χ1v) is 8.55. The van der Waals surface area contributed by atoms with Crippen molar-refractivity contribution < 1.29 is 9.26 Å². The van der Waals surface area contributed by atoms with Crippen LogP contribution in [0.5, 0.6) is 0 Å². The third kappa shape index (κ3) is 3.03. The van der Waals surface area contributed by atoms with Crippen LogP contribution in [0.1, 0.15) is 37.1 Å². The van der Waals surface area contributed by atoms with Crippen molar-refractivity contribution in [3.05, 3.63) is 35.7 Å². The van der Waals surface area contributed by atoms with E-state index in [1.807, 2.05) is 18.2 Å². The molecule has 2 aromatic rings. The molecule has 0 spiro atoms. The molecule has 2 unspecified atom stereocenters. The summed E-state index contributed by atoms with van der Waals surface area (Å²) in [6.07, 6.45) is 5.35. The molecular formula is C18H23N3O2. The number of ether oxygens (including phenoxy) is 1. The number of morpholine rings is 1. The lowest BCUT2D eigenvalue weighted by molar-refractivity contribution is -0.0933. The first kappa shape index (κ1) is 14.8. The van der Waals surface area contributed by atoms with Gasteiger partial charge in [-0.15, -0.1) is 0 Å². The smallest absolute Gasteiger partial charge is 0.241 e. The number of rotatable bonds is 3. The van der Waals surface area contributed by atoms with E-state index in [1.54, 1.807) is 0 Å². The molecule has 2 heterocycles. The largest absolute Gasteiger partial charge is 0.375 e. The highest BCUT2D eigenvalue weighted by Crippen LogP contribution is 2.29. The van der Waals surface area contributed by atoms with Crippen LogP contribution in [-0.2, 0) is 11.3 Å². The van der Waals surface area contributed by atoms with Crippen LogP contribution in [0, 0.1) is 6.92 Å². The molecule has 0 bridgehead atoms. The molecule has 0 N–H and O–H groups in total. The van der Waals surface area contributed by atoms with E-state index in [-0.39, 0.29) is 0 Å². The van der Waals surface area contributed by atoms with Gasteiger partial charge in [0.2, 0.25) is 11.7 Å². The summed E-state index contributed by atoms with van der Waals surface area (Å²) in [6.45, 7) is 4.55. The highest BCUT2D eigenvalue weighted by molar-refractivity contribution is 5.58. The lowest BCUT2D eigenvalue weighted by Gasteiger charge is -2.43. The van der Waals surface area contributed by atoms with Gasteiger partial charge in [0.05, 0.1) is 19.3 Å². The van der Waals surface area contributed by atoms with Crippen molar-refractivity contribution in [2.45, 2.75) is 51.3 Å². The van der Waals surface area contributed by atoms with E-state index in [2.05, 4.69) is 28.0 Å². The predicted molar refractivity (Wildman–Crippen MR) is 86.9 cm³/mol. The van der Waals surface area contributed by atoms with E-state index >= 15 is 0 Å². The fourth-order valence-corrected chi connectivity index (χ4v) is 3.80. The van der Waals surface area contributed by atoms with Crippen LogP contribution in [0.3, 0.4) is 0 Å². The molecule has 2 fully saturated rings. The molecule has 5 heteroatoms. The molecule has 0 radical (unpaired) electrons. The standard InChI is InChI=1S/C18H23N3O2/c1-13-6-2-3-7-14(13)18-19-17(23-20-18)12-21-10-11-22-16-9-5-4-8-15(16)21/h2-3,6-7,15-16H,4-5,8-12H2,1H3. The van der Waals surface area contributed by atoms with Gasteiger partial charge in [0, 0.05) is 18.2 Å². The minimum Gasteiger partial charge on any atom is -0.375 e. The summed E-state index contributed by atoms with van der Waals surface area (Å²) >= 11 is 0. The first-order valence-electron chi connectivity index (χ1n) is 8.55. The highest BCUT2D eigenvalue weighted by atomic mass is 16.5. The van der Waals surface area contributed by atoms with Crippen LogP contribution in [-0.4, -0.2) is 40.3 Å². The predicted octanol–water partition coefficient (Wildman–Crippen LogP) is 3.19. The first-order chi connectivity index (χ1) is 11.3. The Morgan fingerprint density at radius 2 is 2.09 bits per heavy atom. The molecule has 1 aliphatic carbocycles. The van der Waals surface area contributed by atoms with Crippen molar-refractivity contribution in [1.82, 2.24) is 15.0 Å². The fraction of sp³-hybridized carbons (Fsp3) is 0.556. The number of fused-ring (bicyclic) bond motifs is 1. The Balaban J connectivity index is 1.50. The van der Waals surface area contributed by atoms with Gasteiger partial charge < -0.3 is 9.26 Å². The van der Waals surface area contributed by atoms with Crippen LogP contribution in [0.2, 0.25) is 0 Å². The number of aryl methyl sites for hydroxylation is 1. The Morgan fingerprint density at radius 1 is 1.22 bits per heavy atom. The monoisotopic (exact) mass is 313 g/mol. The van der Waals surface area contributed by atoms with Crippen molar-refractivity contribution in [2.75, 3.05) is 13.2 Å². The maximum atomic E-state index is 5.93. The van der Waals surface area contributed by atoms with E-state index in [0.717, 1.165) is 25.3 Å². The average Bonchev–Trinajstić information content (AvgIpc) is 3.04. The number of nitrogens with zero attached hydrogens (tertiary/aromatic N) is 3. The molecule has 122 valence electrons. The van der Waals surface area contributed by atoms with Crippen molar-refractivity contribution >= 4 is 0 Å². The van der Waals surface area contributed by atoms with Gasteiger partial charge in [-0.3, -0.25) is 4.90 Å². The maximum absolute atomic E-state index is 5.93. The Kier molecular flexibility index (Phi) is 4.14. The summed E-state index contributed by atoms with van der Waals surface area (Å²) in [6, 6.07) is 8.64. The Bertz CT molecular complexity index is 668. The SMILES string of the molecule is Cc1ccccc1-c1noc(CN2CCOC3CCCCC32)n1. The van der Waals surface area contributed by atoms with Gasteiger partial charge in [-0.2, -0.15) is 4.98 Å². The molecule has 1 aromatic heterocycles. The second kappa shape index (κ2) is 6.42. The fourth-order valence-electron chi connectivity index (χ4n) is 3.80. The molecule has 0 amide bonds. The van der Waals surface area contributed by atoms with E-state index in [0.29, 0.717) is 23.9 Å². The summed E-state index contributed by atoms with van der Waals surface area (Å²) in [5, 5.41) is 4.17. The second-order valence-corrected chi connectivity index (χ2v) is 6.56. The lowest BCUT2D eigenvalue weighted by Crippen LogP contribution is -2.52. The quantitative estimate of drug-likeness (QED) is 0.871. The highest BCUT2D eigenvalue weighted by Gasteiger charge is 2.34. The van der Waals surface area contributed by atoms with E-state index in [4.69, 9.17) is 9.26 Å². The summed E-state index contributed by atoms with van der Waals surface area (Å²) in [4.78, 5) is 7.07. The number of hydrogen-bond acceptors (Lipinski definition) is 5. The van der Waals surface area contributed by atoms with Crippen molar-refractivity contribution in [3.63, 3.8) is 0 Å². The zero-order valence-electron chi connectivity index (χ0n) is 13.6.